The lowest BCUT2D eigenvalue weighted by atomic mass is 10.2. The van der Waals surface area contributed by atoms with E-state index in [4.69, 9.17) is 17.3 Å². The van der Waals surface area contributed by atoms with Crippen molar-refractivity contribution in [1.29, 1.82) is 0 Å². The molecule has 1 aromatic heterocycles. The van der Waals surface area contributed by atoms with Gasteiger partial charge in [-0.25, -0.2) is 13.8 Å². The van der Waals surface area contributed by atoms with Crippen molar-refractivity contribution >= 4 is 33.4 Å². The van der Waals surface area contributed by atoms with E-state index in [9.17, 15) is 13.6 Å². The largest absolute Gasteiger partial charge is 0.364 e. The molecule has 0 radical (unpaired) electrons. The van der Waals surface area contributed by atoms with Crippen molar-refractivity contribution in [2.45, 2.75) is 6.43 Å². The van der Waals surface area contributed by atoms with E-state index >= 15 is 0 Å². The predicted octanol–water partition coefficient (Wildman–Crippen LogP) is 2.53. The highest BCUT2D eigenvalue weighted by atomic mass is 79.9. The molecule has 0 aliphatic carbocycles. The van der Waals surface area contributed by atoms with E-state index in [1.165, 1.54) is 0 Å². The smallest absolute Gasteiger partial charge is 0.267 e. The van der Waals surface area contributed by atoms with Crippen LogP contribution in [0, 0.1) is 0 Å². The first kappa shape index (κ1) is 11.3. The van der Waals surface area contributed by atoms with Gasteiger partial charge in [-0.15, -0.1) is 0 Å². The standard InChI is InChI=1S/C7H4BrClF2N2O/c8-5-4(6(10)11)2(9)1-3(13-5)7(12)14/h1,6H,(H2,12,14). The Labute approximate surface area is 91.4 Å². The van der Waals surface area contributed by atoms with E-state index in [0.29, 0.717) is 0 Å². The van der Waals surface area contributed by atoms with Gasteiger partial charge < -0.3 is 5.73 Å². The molecule has 2 N–H and O–H groups in total. The summed E-state index contributed by atoms with van der Waals surface area (Å²) in [5.41, 5.74) is 4.30. The van der Waals surface area contributed by atoms with Gasteiger partial charge in [0.25, 0.3) is 12.3 Å². The molecule has 3 nitrogen and oxygen atoms in total. The molecule has 0 aromatic carbocycles. The van der Waals surface area contributed by atoms with Crippen LogP contribution in [-0.2, 0) is 0 Å². The highest BCUT2D eigenvalue weighted by Crippen LogP contribution is 2.32. The molecule has 76 valence electrons. The van der Waals surface area contributed by atoms with Crippen LogP contribution < -0.4 is 5.73 Å². The van der Waals surface area contributed by atoms with Gasteiger partial charge in [0.15, 0.2) is 0 Å². The number of carbonyl (C=O) groups excluding carboxylic acids is 1. The van der Waals surface area contributed by atoms with Crippen molar-refractivity contribution in [3.63, 3.8) is 0 Å². The number of hydrogen-bond donors (Lipinski definition) is 1. The lowest BCUT2D eigenvalue weighted by Crippen LogP contribution is -2.13. The van der Waals surface area contributed by atoms with E-state index in [0.717, 1.165) is 6.07 Å². The molecule has 0 aliphatic heterocycles. The summed E-state index contributed by atoms with van der Waals surface area (Å²) in [5.74, 6) is -0.826. The number of nitrogens with zero attached hydrogens (tertiary/aromatic N) is 1. The predicted molar refractivity (Wildman–Crippen MR) is 50.4 cm³/mol. The van der Waals surface area contributed by atoms with Crippen molar-refractivity contribution in [2.75, 3.05) is 0 Å². The Kier molecular flexibility index (Phi) is 3.38. The molecule has 14 heavy (non-hydrogen) atoms. The summed E-state index contributed by atoms with van der Waals surface area (Å²) in [5, 5.41) is -0.240. The molecule has 0 spiro atoms. The number of halogens is 4. The van der Waals surface area contributed by atoms with Crippen molar-refractivity contribution in [3.05, 3.63) is 26.9 Å². The van der Waals surface area contributed by atoms with Crippen LogP contribution in [0.4, 0.5) is 8.78 Å². The third-order valence-electron chi connectivity index (χ3n) is 1.43. The maximum atomic E-state index is 12.4. The van der Waals surface area contributed by atoms with Crippen molar-refractivity contribution in [2.24, 2.45) is 5.73 Å². The molecule has 7 heteroatoms. The summed E-state index contributed by atoms with van der Waals surface area (Å²) in [6, 6.07) is 1.01. The van der Waals surface area contributed by atoms with Gasteiger partial charge in [0.1, 0.15) is 10.3 Å². The Morgan fingerprint density at radius 2 is 2.21 bits per heavy atom. The Hall–Kier alpha value is -0.750. The molecule has 0 fully saturated rings. The van der Waals surface area contributed by atoms with Crippen LogP contribution in [0.15, 0.2) is 10.7 Å². The molecule has 1 aromatic rings. The topological polar surface area (TPSA) is 56.0 Å². The number of pyridine rings is 1. The Morgan fingerprint density at radius 3 is 2.57 bits per heavy atom. The highest BCUT2D eigenvalue weighted by molar-refractivity contribution is 9.10. The quantitative estimate of drug-likeness (QED) is 0.849. The average Bonchev–Trinajstić information content (AvgIpc) is 2.01. The zero-order valence-corrected chi connectivity index (χ0v) is 8.94. The Morgan fingerprint density at radius 1 is 1.64 bits per heavy atom. The van der Waals surface area contributed by atoms with Crippen LogP contribution in [0.3, 0.4) is 0 Å². The second-order valence-electron chi connectivity index (χ2n) is 2.36. The summed E-state index contributed by atoms with van der Waals surface area (Å²) in [7, 11) is 0. The van der Waals surface area contributed by atoms with Gasteiger partial charge in [0, 0.05) is 0 Å². The second kappa shape index (κ2) is 4.18. The maximum Gasteiger partial charge on any atom is 0.267 e. The number of nitrogens with two attached hydrogens (primary N) is 1. The molecule has 1 amide bonds. The van der Waals surface area contributed by atoms with Gasteiger partial charge >= 0.3 is 0 Å². The van der Waals surface area contributed by atoms with E-state index in [-0.39, 0.29) is 15.3 Å². The molecule has 0 unspecified atom stereocenters. The third kappa shape index (κ3) is 2.19. The number of rotatable bonds is 2. The van der Waals surface area contributed by atoms with Gasteiger partial charge in [0.2, 0.25) is 0 Å². The number of alkyl halides is 2. The number of hydrogen-bond acceptors (Lipinski definition) is 2. The molecule has 0 bridgehead atoms. The fraction of sp³-hybridized carbons (Fsp3) is 0.143. The van der Waals surface area contributed by atoms with Crippen LogP contribution >= 0.6 is 27.5 Å². The SMILES string of the molecule is NC(=O)c1cc(Cl)c(C(F)F)c(Br)n1. The van der Waals surface area contributed by atoms with Gasteiger partial charge in [0.05, 0.1) is 10.6 Å². The summed E-state index contributed by atoms with van der Waals surface area (Å²) < 4.78 is 24.5. The number of primary amides is 1. The lowest BCUT2D eigenvalue weighted by Gasteiger charge is -2.06. The van der Waals surface area contributed by atoms with Crippen molar-refractivity contribution in [3.8, 4) is 0 Å². The van der Waals surface area contributed by atoms with Crippen molar-refractivity contribution < 1.29 is 13.6 Å². The normalized spacial score (nSPS) is 10.6. The third-order valence-corrected chi connectivity index (χ3v) is 2.35. The van der Waals surface area contributed by atoms with E-state index < -0.39 is 17.9 Å². The average molecular weight is 285 g/mol. The molecule has 0 atom stereocenters. The van der Waals surface area contributed by atoms with Crippen LogP contribution in [-0.4, -0.2) is 10.9 Å². The van der Waals surface area contributed by atoms with Gasteiger partial charge in [-0.3, -0.25) is 4.79 Å². The van der Waals surface area contributed by atoms with Crippen molar-refractivity contribution in [1.82, 2.24) is 4.98 Å². The van der Waals surface area contributed by atoms with Gasteiger partial charge in [-0.1, -0.05) is 11.6 Å². The molecule has 1 heterocycles. The summed E-state index contributed by atoms with van der Waals surface area (Å²) in [6.45, 7) is 0. The van der Waals surface area contributed by atoms with E-state index in [1.54, 1.807) is 0 Å². The summed E-state index contributed by atoms with van der Waals surface area (Å²) in [6.07, 6.45) is -2.76. The van der Waals surface area contributed by atoms with E-state index in [1.807, 2.05) is 0 Å². The van der Waals surface area contributed by atoms with Gasteiger partial charge in [-0.2, -0.15) is 0 Å². The van der Waals surface area contributed by atoms with E-state index in [2.05, 4.69) is 20.9 Å². The van der Waals surface area contributed by atoms with Crippen LogP contribution in [0.1, 0.15) is 22.5 Å². The molecule has 0 saturated heterocycles. The zero-order chi connectivity index (χ0) is 10.9. The lowest BCUT2D eigenvalue weighted by molar-refractivity contribution is 0.0994. The van der Waals surface area contributed by atoms with Crippen LogP contribution in [0.2, 0.25) is 5.02 Å². The molecule has 1 rings (SSSR count). The minimum Gasteiger partial charge on any atom is -0.364 e. The Balaban J connectivity index is 3.32. The molecule has 0 aliphatic rings. The number of amides is 1. The summed E-state index contributed by atoms with van der Waals surface area (Å²) in [4.78, 5) is 14.2. The minimum absolute atomic E-state index is 0.161. The molecular formula is C7H4BrClF2N2O. The maximum absolute atomic E-state index is 12.4. The first-order valence-electron chi connectivity index (χ1n) is 3.37. The van der Waals surface area contributed by atoms with Crippen LogP contribution in [0.5, 0.6) is 0 Å². The van der Waals surface area contributed by atoms with Crippen LogP contribution in [0.25, 0.3) is 0 Å². The fourth-order valence-corrected chi connectivity index (χ4v) is 1.78. The zero-order valence-electron chi connectivity index (χ0n) is 6.60. The number of aromatic nitrogens is 1. The second-order valence-corrected chi connectivity index (χ2v) is 3.52. The first-order valence-corrected chi connectivity index (χ1v) is 4.54. The summed E-state index contributed by atoms with van der Waals surface area (Å²) >= 11 is 8.30. The first-order chi connectivity index (χ1) is 6.43. The van der Waals surface area contributed by atoms with Gasteiger partial charge in [-0.05, 0) is 22.0 Å². The monoisotopic (exact) mass is 284 g/mol. The molecular weight excluding hydrogens is 281 g/mol. The molecule has 0 saturated carbocycles. The Bertz CT molecular complexity index is 363. The number of carbonyl (C=O) groups is 1. The minimum atomic E-state index is -2.76. The highest BCUT2D eigenvalue weighted by Gasteiger charge is 2.19. The fourth-order valence-electron chi connectivity index (χ4n) is 0.815.